The number of thioether (sulfide) groups is 1. The number of pyridine rings is 1. The van der Waals surface area contributed by atoms with E-state index >= 15 is 0 Å². The van der Waals surface area contributed by atoms with Gasteiger partial charge in [0.25, 0.3) is 0 Å². The Morgan fingerprint density at radius 2 is 2.05 bits per heavy atom. The zero-order valence-corrected chi connectivity index (χ0v) is 12.3. The van der Waals surface area contributed by atoms with Crippen molar-refractivity contribution in [3.8, 4) is 0 Å². The van der Waals surface area contributed by atoms with Gasteiger partial charge in [-0.05, 0) is 24.5 Å². The number of rotatable bonds is 6. The molecule has 0 aromatic carbocycles. The quantitative estimate of drug-likeness (QED) is 0.878. The Bertz CT molecular complexity index is 525. The van der Waals surface area contributed by atoms with E-state index in [1.54, 1.807) is 18.0 Å². The molecule has 1 N–H and O–H groups in total. The Hall–Kier alpha value is -1.62. The van der Waals surface area contributed by atoms with Gasteiger partial charge in [0.1, 0.15) is 11.5 Å². The highest BCUT2D eigenvalue weighted by Crippen LogP contribution is 2.23. The summed E-state index contributed by atoms with van der Waals surface area (Å²) in [7, 11) is 4.04. The fourth-order valence-electron chi connectivity index (χ4n) is 1.83. The molecule has 0 saturated heterocycles. The molecular weight excluding hydrogens is 258 g/mol. The van der Waals surface area contributed by atoms with Crippen molar-refractivity contribution < 1.29 is 4.42 Å². The van der Waals surface area contributed by atoms with Gasteiger partial charge in [-0.2, -0.15) is 11.8 Å². The first kappa shape index (κ1) is 13.8. The van der Waals surface area contributed by atoms with Crippen LogP contribution in [0.15, 0.2) is 35.0 Å². The van der Waals surface area contributed by atoms with Crippen molar-refractivity contribution in [3.05, 3.63) is 42.1 Å². The van der Waals surface area contributed by atoms with E-state index in [2.05, 4.69) is 21.5 Å². The monoisotopic (exact) mass is 277 g/mol. The van der Waals surface area contributed by atoms with Crippen LogP contribution in [0, 0.1) is 0 Å². The van der Waals surface area contributed by atoms with Crippen LogP contribution in [0.3, 0.4) is 0 Å². The number of hydrogen-bond acceptors (Lipinski definition) is 5. The van der Waals surface area contributed by atoms with Gasteiger partial charge in [-0.1, -0.05) is 0 Å². The van der Waals surface area contributed by atoms with Crippen molar-refractivity contribution in [2.45, 2.75) is 12.3 Å². The highest BCUT2D eigenvalue weighted by Gasteiger charge is 2.06. The summed E-state index contributed by atoms with van der Waals surface area (Å²) in [5.41, 5.74) is 2.13. The average molecular weight is 277 g/mol. The molecule has 0 radical (unpaired) electrons. The van der Waals surface area contributed by atoms with Crippen LogP contribution in [0.2, 0.25) is 0 Å². The average Bonchev–Trinajstić information content (AvgIpc) is 2.85. The third-order valence-electron chi connectivity index (χ3n) is 2.74. The van der Waals surface area contributed by atoms with Crippen LogP contribution in [0.5, 0.6) is 0 Å². The molecule has 0 amide bonds. The number of aromatic nitrogens is 1. The normalized spacial score (nSPS) is 10.5. The molecule has 0 aliphatic carbocycles. The van der Waals surface area contributed by atoms with Crippen LogP contribution < -0.4 is 10.2 Å². The molecule has 0 unspecified atom stereocenters. The fourth-order valence-corrected chi connectivity index (χ4v) is 2.27. The minimum Gasteiger partial charge on any atom is -0.463 e. The topological polar surface area (TPSA) is 41.3 Å². The van der Waals surface area contributed by atoms with Crippen molar-refractivity contribution in [2.24, 2.45) is 0 Å². The van der Waals surface area contributed by atoms with Gasteiger partial charge < -0.3 is 14.6 Å². The summed E-state index contributed by atoms with van der Waals surface area (Å²) in [4.78, 5) is 6.21. The molecule has 4 nitrogen and oxygen atoms in total. The second kappa shape index (κ2) is 6.52. The van der Waals surface area contributed by atoms with Crippen molar-refractivity contribution in [1.29, 1.82) is 0 Å². The van der Waals surface area contributed by atoms with Gasteiger partial charge in [-0.15, -0.1) is 0 Å². The van der Waals surface area contributed by atoms with Crippen molar-refractivity contribution in [1.82, 2.24) is 4.98 Å². The van der Waals surface area contributed by atoms with Gasteiger partial charge in [0, 0.05) is 20.3 Å². The lowest BCUT2D eigenvalue weighted by molar-refractivity contribution is 0.487. The maximum atomic E-state index is 5.73. The lowest BCUT2D eigenvalue weighted by atomic mass is 10.3. The van der Waals surface area contributed by atoms with E-state index in [9.17, 15) is 0 Å². The third-order valence-corrected chi connectivity index (χ3v) is 3.31. The zero-order chi connectivity index (χ0) is 13.7. The van der Waals surface area contributed by atoms with Crippen LogP contribution in [-0.2, 0) is 12.3 Å². The first-order valence-electron chi connectivity index (χ1n) is 6.12. The highest BCUT2D eigenvalue weighted by molar-refractivity contribution is 7.97. The van der Waals surface area contributed by atoms with Crippen molar-refractivity contribution in [2.75, 3.05) is 30.6 Å². The number of anilines is 2. The molecule has 0 aliphatic rings. The molecule has 0 spiro atoms. The number of nitrogens with one attached hydrogen (secondary N) is 1. The summed E-state index contributed by atoms with van der Waals surface area (Å²) in [6.07, 6.45) is 5.70. The predicted octanol–water partition coefficient (Wildman–Crippen LogP) is 3.22. The minimum absolute atomic E-state index is 0.668. The maximum Gasteiger partial charge on any atom is 0.123 e. The lowest BCUT2D eigenvalue weighted by Crippen LogP contribution is -2.12. The molecule has 2 aromatic rings. The molecule has 0 aliphatic heterocycles. The number of nitrogens with zero attached hydrogens (tertiary/aromatic N) is 2. The molecule has 19 heavy (non-hydrogen) atoms. The molecule has 0 atom stereocenters. The van der Waals surface area contributed by atoms with Crippen molar-refractivity contribution in [3.63, 3.8) is 0 Å². The standard InChI is InChI=1S/C14H19N3OS/c1-17(2)14-6-7-15-9-13(14)16-8-11-4-5-12(18-11)10-19-3/h4-7,9,16H,8,10H2,1-3H3. The van der Waals surface area contributed by atoms with Gasteiger partial charge in [-0.3, -0.25) is 4.98 Å². The van der Waals surface area contributed by atoms with Crippen LogP contribution in [0.1, 0.15) is 11.5 Å². The molecule has 2 aromatic heterocycles. The van der Waals surface area contributed by atoms with Gasteiger partial charge in [-0.25, -0.2) is 0 Å². The predicted molar refractivity (Wildman–Crippen MR) is 81.8 cm³/mol. The Morgan fingerprint density at radius 3 is 2.79 bits per heavy atom. The summed E-state index contributed by atoms with van der Waals surface area (Å²) in [5, 5.41) is 3.36. The van der Waals surface area contributed by atoms with E-state index in [0.29, 0.717) is 6.54 Å². The second-order valence-corrected chi connectivity index (χ2v) is 5.31. The van der Waals surface area contributed by atoms with E-state index in [1.807, 2.05) is 38.5 Å². The summed E-state index contributed by atoms with van der Waals surface area (Å²) in [5.74, 6) is 2.87. The maximum absolute atomic E-state index is 5.73. The molecule has 0 saturated carbocycles. The lowest BCUT2D eigenvalue weighted by Gasteiger charge is -2.17. The van der Waals surface area contributed by atoms with Crippen LogP contribution in [0.4, 0.5) is 11.4 Å². The fraction of sp³-hybridized carbons (Fsp3) is 0.357. The molecule has 0 fully saturated rings. The highest BCUT2D eigenvalue weighted by atomic mass is 32.2. The SMILES string of the molecule is CSCc1ccc(CNc2cnccc2N(C)C)o1. The van der Waals surface area contributed by atoms with Gasteiger partial charge in [0.05, 0.1) is 29.9 Å². The Balaban J connectivity index is 2.01. The van der Waals surface area contributed by atoms with Crippen LogP contribution in [-0.4, -0.2) is 25.3 Å². The second-order valence-electron chi connectivity index (χ2n) is 4.44. The molecular formula is C14H19N3OS. The number of hydrogen-bond donors (Lipinski definition) is 1. The summed E-state index contributed by atoms with van der Waals surface area (Å²) in [6.45, 7) is 0.668. The Morgan fingerprint density at radius 1 is 1.26 bits per heavy atom. The largest absolute Gasteiger partial charge is 0.463 e. The van der Waals surface area contributed by atoms with Gasteiger partial charge in [0.2, 0.25) is 0 Å². The van der Waals surface area contributed by atoms with E-state index < -0.39 is 0 Å². The molecule has 2 heterocycles. The third kappa shape index (κ3) is 3.67. The summed E-state index contributed by atoms with van der Waals surface area (Å²) >= 11 is 1.76. The van der Waals surface area contributed by atoms with Crippen molar-refractivity contribution >= 4 is 23.1 Å². The van der Waals surface area contributed by atoms with E-state index in [-0.39, 0.29) is 0 Å². The van der Waals surface area contributed by atoms with E-state index in [1.165, 1.54) is 0 Å². The summed E-state index contributed by atoms with van der Waals surface area (Å²) in [6, 6.07) is 6.04. The summed E-state index contributed by atoms with van der Waals surface area (Å²) < 4.78 is 5.73. The number of furan rings is 1. The van der Waals surface area contributed by atoms with Gasteiger partial charge >= 0.3 is 0 Å². The minimum atomic E-state index is 0.668. The van der Waals surface area contributed by atoms with Gasteiger partial charge in [0.15, 0.2) is 0 Å². The van der Waals surface area contributed by atoms with E-state index in [0.717, 1.165) is 28.6 Å². The first-order chi connectivity index (χ1) is 9.20. The molecule has 5 heteroatoms. The molecule has 0 bridgehead atoms. The molecule has 102 valence electrons. The smallest absolute Gasteiger partial charge is 0.123 e. The Labute approximate surface area is 118 Å². The first-order valence-corrected chi connectivity index (χ1v) is 7.52. The van der Waals surface area contributed by atoms with Crippen LogP contribution >= 0.6 is 11.8 Å². The zero-order valence-electron chi connectivity index (χ0n) is 11.5. The molecule has 2 rings (SSSR count). The van der Waals surface area contributed by atoms with Crippen LogP contribution in [0.25, 0.3) is 0 Å². The Kier molecular flexibility index (Phi) is 4.74. The van der Waals surface area contributed by atoms with E-state index in [4.69, 9.17) is 4.42 Å².